The Morgan fingerprint density at radius 2 is 2.12 bits per heavy atom. The smallest absolute Gasteiger partial charge is 0.242 e. The maximum Gasteiger partial charge on any atom is 0.242 e. The van der Waals surface area contributed by atoms with Crippen molar-refractivity contribution in [2.75, 3.05) is 12.3 Å². The van der Waals surface area contributed by atoms with Gasteiger partial charge >= 0.3 is 0 Å². The number of amides is 2. The maximum absolute atomic E-state index is 11.9. The summed E-state index contributed by atoms with van der Waals surface area (Å²) < 4.78 is 0.909. The van der Waals surface area contributed by atoms with Gasteiger partial charge in [-0.1, -0.05) is 45.9 Å². The van der Waals surface area contributed by atoms with Crippen molar-refractivity contribution < 1.29 is 9.59 Å². The number of thioether (sulfide) groups is 1. The fourth-order valence-electron chi connectivity index (χ4n) is 1.89. The van der Waals surface area contributed by atoms with Crippen LogP contribution < -0.4 is 10.6 Å². The van der Waals surface area contributed by atoms with Gasteiger partial charge in [0.1, 0.15) is 6.04 Å². The lowest BCUT2D eigenvalue weighted by atomic mass is 10.2. The molecule has 2 rings (SSSR count). The van der Waals surface area contributed by atoms with E-state index >= 15 is 0 Å². The first-order valence-electron chi connectivity index (χ1n) is 7.38. The van der Waals surface area contributed by atoms with Gasteiger partial charge in [-0.2, -0.15) is 0 Å². The van der Waals surface area contributed by atoms with E-state index in [1.54, 1.807) is 6.92 Å². The number of likely N-dealkylation sites (N-methyl/N-ethyl adjacent to an activating group) is 1. The molecule has 2 aromatic rings. The van der Waals surface area contributed by atoms with Crippen LogP contribution >= 0.6 is 27.7 Å². The highest BCUT2D eigenvalue weighted by atomic mass is 79.9. The van der Waals surface area contributed by atoms with Crippen molar-refractivity contribution in [2.24, 2.45) is 0 Å². The topological polar surface area (TPSA) is 99.8 Å². The largest absolute Gasteiger partial charge is 0.355 e. The first-order chi connectivity index (χ1) is 11.5. The molecular weight excluding hydrogens is 394 g/mol. The molecule has 7 nitrogen and oxygen atoms in total. The Bertz CT molecular complexity index is 721. The van der Waals surface area contributed by atoms with Gasteiger partial charge in [0.25, 0.3) is 0 Å². The molecule has 1 heterocycles. The van der Waals surface area contributed by atoms with Crippen molar-refractivity contribution in [3.63, 3.8) is 0 Å². The summed E-state index contributed by atoms with van der Waals surface area (Å²) in [6, 6.07) is 7.09. The summed E-state index contributed by atoms with van der Waals surface area (Å²) in [7, 11) is 0. The second-order valence-corrected chi connectivity index (χ2v) is 6.72. The van der Waals surface area contributed by atoms with Gasteiger partial charge in [-0.3, -0.25) is 14.7 Å². The fraction of sp³-hybridized carbons (Fsp3) is 0.333. The van der Waals surface area contributed by atoms with Gasteiger partial charge in [-0.05, 0) is 19.9 Å². The third kappa shape index (κ3) is 5.07. The average Bonchev–Trinajstić information content (AvgIpc) is 3.02. The van der Waals surface area contributed by atoms with Gasteiger partial charge in [0, 0.05) is 16.6 Å². The average molecular weight is 412 g/mol. The number of aromatic amines is 1. The van der Waals surface area contributed by atoms with E-state index in [4.69, 9.17) is 0 Å². The van der Waals surface area contributed by atoms with E-state index in [0.29, 0.717) is 17.5 Å². The zero-order valence-electron chi connectivity index (χ0n) is 13.3. The van der Waals surface area contributed by atoms with Crippen molar-refractivity contribution in [1.29, 1.82) is 0 Å². The van der Waals surface area contributed by atoms with Crippen LogP contribution in [-0.4, -0.2) is 45.3 Å². The van der Waals surface area contributed by atoms with Crippen molar-refractivity contribution in [1.82, 2.24) is 25.8 Å². The monoisotopic (exact) mass is 411 g/mol. The Morgan fingerprint density at radius 1 is 1.38 bits per heavy atom. The standard InChI is InChI=1S/C15H18BrN5O2S/c1-3-17-14(23)9(2)18-12(22)8-24-15-19-13(20-21-15)10-6-4-5-7-11(10)16/h4-7,9H,3,8H2,1-2H3,(H,17,23)(H,18,22)(H,19,20,21)/t9-/m0/s1. The van der Waals surface area contributed by atoms with Crippen molar-refractivity contribution >= 4 is 39.5 Å². The molecule has 1 aromatic carbocycles. The van der Waals surface area contributed by atoms with Crippen LogP contribution in [0.2, 0.25) is 0 Å². The first-order valence-corrected chi connectivity index (χ1v) is 9.16. The molecule has 0 saturated carbocycles. The molecule has 0 spiro atoms. The van der Waals surface area contributed by atoms with Crippen LogP contribution in [0.25, 0.3) is 11.4 Å². The number of nitrogens with one attached hydrogen (secondary N) is 3. The summed E-state index contributed by atoms with van der Waals surface area (Å²) in [5.74, 6) is 0.314. The molecule has 0 aliphatic heterocycles. The van der Waals surface area contributed by atoms with Gasteiger partial charge < -0.3 is 10.6 Å². The number of benzene rings is 1. The van der Waals surface area contributed by atoms with Crippen LogP contribution in [0.5, 0.6) is 0 Å². The number of carbonyl (C=O) groups excluding carboxylic acids is 2. The molecule has 1 aromatic heterocycles. The number of H-pyrrole nitrogens is 1. The van der Waals surface area contributed by atoms with E-state index < -0.39 is 6.04 Å². The summed E-state index contributed by atoms with van der Waals surface area (Å²) in [6.45, 7) is 4.00. The number of halogens is 1. The Labute approximate surface area is 152 Å². The van der Waals surface area contributed by atoms with Crippen LogP contribution in [0.1, 0.15) is 13.8 Å². The fourth-order valence-corrected chi connectivity index (χ4v) is 2.97. The number of rotatable bonds is 7. The normalized spacial score (nSPS) is 11.8. The molecule has 24 heavy (non-hydrogen) atoms. The molecule has 0 aliphatic rings. The maximum atomic E-state index is 11.9. The van der Waals surface area contributed by atoms with Crippen molar-refractivity contribution in [3.8, 4) is 11.4 Å². The minimum atomic E-state index is -0.568. The van der Waals surface area contributed by atoms with Crippen molar-refractivity contribution in [2.45, 2.75) is 25.0 Å². The van der Waals surface area contributed by atoms with Gasteiger partial charge in [0.15, 0.2) is 5.82 Å². The summed E-state index contributed by atoms with van der Waals surface area (Å²) in [5.41, 5.74) is 0.895. The third-order valence-corrected chi connectivity index (χ3v) is 4.59. The zero-order chi connectivity index (χ0) is 17.5. The number of nitrogens with zero attached hydrogens (tertiary/aromatic N) is 2. The molecular formula is C15H18BrN5O2S. The lowest BCUT2D eigenvalue weighted by Crippen LogP contribution is -2.45. The van der Waals surface area contributed by atoms with E-state index in [2.05, 4.69) is 41.7 Å². The van der Waals surface area contributed by atoms with Gasteiger partial charge in [0.2, 0.25) is 17.0 Å². The molecule has 0 saturated heterocycles. The highest BCUT2D eigenvalue weighted by molar-refractivity contribution is 9.10. The van der Waals surface area contributed by atoms with E-state index in [0.717, 1.165) is 10.0 Å². The Balaban J connectivity index is 1.88. The molecule has 9 heteroatoms. The number of hydrogen-bond donors (Lipinski definition) is 3. The molecule has 0 fully saturated rings. The highest BCUT2D eigenvalue weighted by Crippen LogP contribution is 2.26. The number of hydrogen-bond acceptors (Lipinski definition) is 5. The molecule has 3 N–H and O–H groups in total. The van der Waals surface area contributed by atoms with E-state index in [9.17, 15) is 9.59 Å². The predicted molar refractivity (Wildman–Crippen MR) is 96.5 cm³/mol. The molecule has 1 atom stereocenters. The van der Waals surface area contributed by atoms with E-state index in [1.807, 2.05) is 31.2 Å². The minimum Gasteiger partial charge on any atom is -0.355 e. The second kappa shape index (κ2) is 8.84. The lowest BCUT2D eigenvalue weighted by molar-refractivity contribution is -0.127. The summed E-state index contributed by atoms with van der Waals surface area (Å²) in [4.78, 5) is 27.8. The lowest BCUT2D eigenvalue weighted by Gasteiger charge is -2.12. The van der Waals surface area contributed by atoms with Crippen LogP contribution in [0.4, 0.5) is 0 Å². The summed E-state index contributed by atoms with van der Waals surface area (Å²) in [6.07, 6.45) is 0. The van der Waals surface area contributed by atoms with Crippen LogP contribution in [0, 0.1) is 0 Å². The Hall–Kier alpha value is -1.87. The zero-order valence-corrected chi connectivity index (χ0v) is 15.7. The van der Waals surface area contributed by atoms with Crippen LogP contribution in [-0.2, 0) is 9.59 Å². The van der Waals surface area contributed by atoms with E-state index in [-0.39, 0.29) is 17.6 Å². The van der Waals surface area contributed by atoms with Gasteiger partial charge in [-0.15, -0.1) is 5.10 Å². The minimum absolute atomic E-state index is 0.136. The predicted octanol–water partition coefficient (Wildman–Crippen LogP) is 1.97. The number of carbonyl (C=O) groups is 2. The second-order valence-electron chi connectivity index (χ2n) is 4.92. The first kappa shape index (κ1) is 18.5. The molecule has 2 amide bonds. The Kier molecular flexibility index (Phi) is 6.80. The van der Waals surface area contributed by atoms with Gasteiger partial charge in [0.05, 0.1) is 5.75 Å². The Morgan fingerprint density at radius 3 is 2.83 bits per heavy atom. The van der Waals surface area contributed by atoms with Crippen LogP contribution in [0.15, 0.2) is 33.9 Å². The van der Waals surface area contributed by atoms with Crippen molar-refractivity contribution in [3.05, 3.63) is 28.7 Å². The third-order valence-electron chi connectivity index (χ3n) is 3.05. The molecule has 0 unspecified atom stereocenters. The highest BCUT2D eigenvalue weighted by Gasteiger charge is 2.16. The van der Waals surface area contributed by atoms with Gasteiger partial charge in [-0.25, -0.2) is 4.98 Å². The number of aromatic nitrogens is 3. The van der Waals surface area contributed by atoms with E-state index in [1.165, 1.54) is 11.8 Å². The molecule has 0 bridgehead atoms. The molecule has 0 radical (unpaired) electrons. The summed E-state index contributed by atoms with van der Waals surface area (Å²) >= 11 is 4.67. The molecule has 128 valence electrons. The van der Waals surface area contributed by atoms with Crippen LogP contribution in [0.3, 0.4) is 0 Å². The summed E-state index contributed by atoms with van der Waals surface area (Å²) in [5, 5.41) is 12.7. The molecule has 0 aliphatic carbocycles. The quantitative estimate of drug-likeness (QED) is 0.604. The SMILES string of the molecule is CCNC(=O)[C@H](C)NC(=O)CSc1n[nH]c(-c2ccccc2Br)n1.